The van der Waals surface area contributed by atoms with Crippen LogP contribution in [0.15, 0.2) is 29.1 Å². The number of hydrogen-bond donors (Lipinski definition) is 2. The van der Waals surface area contributed by atoms with Crippen LogP contribution in [0.5, 0.6) is 0 Å². The summed E-state index contributed by atoms with van der Waals surface area (Å²) in [4.78, 5) is 4.11. The quantitative estimate of drug-likeness (QED) is 0.669. The molecule has 0 spiro atoms. The third kappa shape index (κ3) is 2.31. The number of rotatable bonds is 4. The van der Waals surface area contributed by atoms with Crippen LogP contribution in [0.4, 0.5) is 0 Å². The fourth-order valence-electron chi connectivity index (χ4n) is 2.03. The number of nitrogens with zero attached hydrogens (tertiary/aromatic N) is 3. The summed E-state index contributed by atoms with van der Waals surface area (Å²) in [7, 11) is 0. The molecule has 0 aromatic carbocycles. The lowest BCUT2D eigenvalue weighted by atomic mass is 10.0. The largest absolute Gasteiger partial charge is 0.271 e. The topological polar surface area (TPSA) is 68.8 Å². The smallest absolute Gasteiger partial charge is 0.0893 e. The minimum Gasteiger partial charge on any atom is -0.271 e. The maximum Gasteiger partial charge on any atom is 0.0893 e. The Balaban J connectivity index is 2.52. The predicted octanol–water partition coefficient (Wildman–Crippen LogP) is 1.92. The Labute approximate surface area is 115 Å². The Hall–Kier alpha value is -1.24. The van der Waals surface area contributed by atoms with Gasteiger partial charge in [0.25, 0.3) is 0 Å². The number of pyridine rings is 1. The molecule has 6 heteroatoms. The molecule has 2 aromatic rings. The molecule has 0 bridgehead atoms. The van der Waals surface area contributed by atoms with Gasteiger partial charge in [-0.05, 0) is 47.0 Å². The van der Waals surface area contributed by atoms with E-state index in [2.05, 4.69) is 38.4 Å². The summed E-state index contributed by atoms with van der Waals surface area (Å²) in [5.41, 5.74) is 6.08. The van der Waals surface area contributed by atoms with E-state index in [1.165, 1.54) is 0 Å². The molecule has 0 fully saturated rings. The zero-order valence-electron chi connectivity index (χ0n) is 10.4. The number of hydrogen-bond acceptors (Lipinski definition) is 4. The molecule has 2 heterocycles. The fraction of sp³-hybridized carbons (Fsp3) is 0.333. The standard InChI is InChI=1S/C12H16BrN5/c1-3-18-12(10(13)7-16-18)11(17-14)9-4-5-15-6-8(9)2/h4-7,11,17H,3,14H2,1-2H3. The summed E-state index contributed by atoms with van der Waals surface area (Å²) in [6.45, 7) is 4.87. The molecule has 0 radical (unpaired) electrons. The van der Waals surface area contributed by atoms with Gasteiger partial charge in [-0.2, -0.15) is 5.10 Å². The lowest BCUT2D eigenvalue weighted by molar-refractivity contribution is 0.540. The average molecular weight is 310 g/mol. The van der Waals surface area contributed by atoms with Crippen molar-refractivity contribution < 1.29 is 0 Å². The number of aryl methyl sites for hydroxylation is 2. The third-order valence-electron chi connectivity index (χ3n) is 2.95. The lowest BCUT2D eigenvalue weighted by Gasteiger charge is -2.20. The second-order valence-electron chi connectivity index (χ2n) is 4.03. The maximum absolute atomic E-state index is 5.73. The molecule has 0 saturated heterocycles. The van der Waals surface area contributed by atoms with E-state index in [9.17, 15) is 0 Å². The maximum atomic E-state index is 5.73. The summed E-state index contributed by atoms with van der Waals surface area (Å²) >= 11 is 3.53. The van der Waals surface area contributed by atoms with Crippen molar-refractivity contribution in [1.29, 1.82) is 0 Å². The van der Waals surface area contributed by atoms with Crippen LogP contribution in [-0.2, 0) is 6.54 Å². The van der Waals surface area contributed by atoms with Crippen LogP contribution in [0.25, 0.3) is 0 Å². The first-order chi connectivity index (χ1) is 8.69. The molecule has 5 nitrogen and oxygen atoms in total. The van der Waals surface area contributed by atoms with Gasteiger partial charge in [-0.3, -0.25) is 15.5 Å². The highest BCUT2D eigenvalue weighted by Crippen LogP contribution is 2.29. The van der Waals surface area contributed by atoms with Gasteiger partial charge < -0.3 is 0 Å². The molecular formula is C12H16BrN5. The minimum atomic E-state index is -0.107. The number of hydrazine groups is 1. The molecule has 0 aliphatic carbocycles. The average Bonchev–Trinajstić information content (AvgIpc) is 2.74. The second kappa shape index (κ2) is 5.60. The van der Waals surface area contributed by atoms with E-state index in [0.717, 1.165) is 27.8 Å². The first-order valence-corrected chi connectivity index (χ1v) is 6.56. The Morgan fingerprint density at radius 2 is 2.28 bits per heavy atom. The Kier molecular flexibility index (Phi) is 4.11. The minimum absolute atomic E-state index is 0.107. The van der Waals surface area contributed by atoms with Crippen LogP contribution >= 0.6 is 15.9 Å². The van der Waals surface area contributed by atoms with Crippen LogP contribution in [-0.4, -0.2) is 14.8 Å². The molecule has 96 valence electrons. The SMILES string of the molecule is CCn1ncc(Br)c1C(NN)c1ccncc1C. The third-order valence-corrected chi connectivity index (χ3v) is 3.56. The molecule has 2 rings (SSSR count). The summed E-state index contributed by atoms with van der Waals surface area (Å²) in [5.74, 6) is 5.73. The first-order valence-electron chi connectivity index (χ1n) is 5.76. The van der Waals surface area contributed by atoms with Crippen molar-refractivity contribution in [2.75, 3.05) is 0 Å². The Bertz CT molecular complexity index is 537. The van der Waals surface area contributed by atoms with E-state index in [4.69, 9.17) is 5.84 Å². The Morgan fingerprint density at radius 1 is 1.50 bits per heavy atom. The summed E-state index contributed by atoms with van der Waals surface area (Å²) < 4.78 is 2.87. The summed E-state index contributed by atoms with van der Waals surface area (Å²) in [5, 5.41) is 4.32. The Morgan fingerprint density at radius 3 is 2.89 bits per heavy atom. The monoisotopic (exact) mass is 309 g/mol. The number of halogens is 1. The van der Waals surface area contributed by atoms with E-state index in [0.29, 0.717) is 0 Å². The molecular weight excluding hydrogens is 294 g/mol. The molecule has 0 saturated carbocycles. The molecule has 0 aliphatic heterocycles. The van der Waals surface area contributed by atoms with Crippen molar-refractivity contribution in [2.45, 2.75) is 26.4 Å². The summed E-state index contributed by atoms with van der Waals surface area (Å²) in [6, 6.07) is 1.86. The highest BCUT2D eigenvalue weighted by molar-refractivity contribution is 9.10. The van der Waals surface area contributed by atoms with Crippen LogP contribution in [0.2, 0.25) is 0 Å². The van der Waals surface area contributed by atoms with E-state index >= 15 is 0 Å². The van der Waals surface area contributed by atoms with Crippen molar-refractivity contribution in [3.8, 4) is 0 Å². The normalized spacial score (nSPS) is 12.7. The van der Waals surface area contributed by atoms with Gasteiger partial charge in [-0.15, -0.1) is 0 Å². The molecule has 0 aliphatic rings. The van der Waals surface area contributed by atoms with Gasteiger partial charge >= 0.3 is 0 Å². The molecule has 1 unspecified atom stereocenters. The van der Waals surface area contributed by atoms with Crippen molar-refractivity contribution in [2.24, 2.45) is 5.84 Å². The highest BCUT2D eigenvalue weighted by Gasteiger charge is 2.21. The van der Waals surface area contributed by atoms with Crippen LogP contribution < -0.4 is 11.3 Å². The fourth-order valence-corrected chi connectivity index (χ4v) is 2.56. The number of nitrogens with one attached hydrogen (secondary N) is 1. The number of aromatic nitrogens is 3. The van der Waals surface area contributed by atoms with Gasteiger partial charge in [0.05, 0.1) is 22.4 Å². The van der Waals surface area contributed by atoms with E-state index in [1.807, 2.05) is 23.9 Å². The van der Waals surface area contributed by atoms with Gasteiger partial charge in [-0.25, -0.2) is 5.43 Å². The number of nitrogens with two attached hydrogens (primary N) is 1. The van der Waals surface area contributed by atoms with Gasteiger partial charge in [-0.1, -0.05) is 0 Å². The zero-order valence-corrected chi connectivity index (χ0v) is 12.0. The molecule has 3 N–H and O–H groups in total. The van der Waals surface area contributed by atoms with Crippen molar-refractivity contribution in [3.05, 3.63) is 46.0 Å². The van der Waals surface area contributed by atoms with Gasteiger partial charge in [0.15, 0.2) is 0 Å². The summed E-state index contributed by atoms with van der Waals surface area (Å²) in [6.07, 6.45) is 5.40. The van der Waals surface area contributed by atoms with Crippen molar-refractivity contribution >= 4 is 15.9 Å². The van der Waals surface area contributed by atoms with Crippen LogP contribution in [0.3, 0.4) is 0 Å². The van der Waals surface area contributed by atoms with Crippen molar-refractivity contribution in [3.63, 3.8) is 0 Å². The van der Waals surface area contributed by atoms with Crippen LogP contribution in [0.1, 0.15) is 29.8 Å². The van der Waals surface area contributed by atoms with Gasteiger partial charge in [0.2, 0.25) is 0 Å². The predicted molar refractivity (Wildman–Crippen MR) is 73.7 cm³/mol. The highest BCUT2D eigenvalue weighted by atomic mass is 79.9. The molecule has 18 heavy (non-hydrogen) atoms. The second-order valence-corrected chi connectivity index (χ2v) is 4.88. The van der Waals surface area contributed by atoms with E-state index in [1.54, 1.807) is 12.4 Å². The van der Waals surface area contributed by atoms with E-state index in [-0.39, 0.29) is 6.04 Å². The first kappa shape index (κ1) is 13.2. The lowest BCUT2D eigenvalue weighted by Crippen LogP contribution is -2.31. The molecule has 2 aromatic heterocycles. The molecule has 0 amide bonds. The van der Waals surface area contributed by atoms with Gasteiger partial charge in [0, 0.05) is 18.9 Å². The van der Waals surface area contributed by atoms with Crippen molar-refractivity contribution in [1.82, 2.24) is 20.2 Å². The van der Waals surface area contributed by atoms with Gasteiger partial charge in [0.1, 0.15) is 0 Å². The molecule has 1 atom stereocenters. The van der Waals surface area contributed by atoms with Crippen LogP contribution in [0, 0.1) is 6.92 Å². The zero-order chi connectivity index (χ0) is 13.1. The van der Waals surface area contributed by atoms with E-state index < -0.39 is 0 Å².